The van der Waals surface area contributed by atoms with Crippen molar-refractivity contribution in [3.05, 3.63) is 57.5 Å². The maximum absolute atomic E-state index is 12.8. The Morgan fingerprint density at radius 3 is 2.72 bits per heavy atom. The Morgan fingerprint density at radius 1 is 1.31 bits per heavy atom. The molecule has 1 aromatic carbocycles. The lowest BCUT2D eigenvalue weighted by molar-refractivity contribution is -0.112. The fraction of sp³-hybridized carbons (Fsp3) is 0.348. The van der Waals surface area contributed by atoms with Gasteiger partial charge < -0.3 is 10.1 Å². The van der Waals surface area contributed by atoms with Crippen LogP contribution in [-0.2, 0) is 22.4 Å². The van der Waals surface area contributed by atoms with E-state index in [2.05, 4.69) is 12.2 Å². The van der Waals surface area contributed by atoms with Crippen LogP contribution in [0.3, 0.4) is 0 Å². The van der Waals surface area contributed by atoms with Gasteiger partial charge in [0.25, 0.3) is 5.91 Å². The zero-order valence-electron chi connectivity index (χ0n) is 16.7. The third-order valence-electron chi connectivity index (χ3n) is 5.13. The van der Waals surface area contributed by atoms with Crippen LogP contribution >= 0.6 is 11.3 Å². The van der Waals surface area contributed by atoms with Gasteiger partial charge in [0.15, 0.2) is 0 Å². The number of nitriles is 1. The maximum Gasteiger partial charge on any atom is 0.341 e. The van der Waals surface area contributed by atoms with Gasteiger partial charge in [0, 0.05) is 4.88 Å². The van der Waals surface area contributed by atoms with Gasteiger partial charge in [0.05, 0.1) is 12.2 Å². The summed E-state index contributed by atoms with van der Waals surface area (Å²) in [6.45, 7) is 4.20. The van der Waals surface area contributed by atoms with Gasteiger partial charge in [0.2, 0.25) is 0 Å². The number of rotatable bonds is 6. The number of carbonyl (C=O) groups excluding carboxylic acids is 2. The molecule has 0 saturated carbocycles. The van der Waals surface area contributed by atoms with Crippen LogP contribution in [0, 0.1) is 17.2 Å². The van der Waals surface area contributed by atoms with E-state index in [1.165, 1.54) is 11.3 Å². The van der Waals surface area contributed by atoms with Crippen molar-refractivity contribution < 1.29 is 14.3 Å². The topological polar surface area (TPSA) is 79.2 Å². The molecule has 1 aromatic heterocycles. The minimum Gasteiger partial charge on any atom is -0.462 e. The summed E-state index contributed by atoms with van der Waals surface area (Å²) in [5.41, 5.74) is 2.19. The van der Waals surface area contributed by atoms with Crippen LogP contribution in [0.4, 0.5) is 5.00 Å². The second-order valence-electron chi connectivity index (χ2n) is 6.98. The molecule has 0 saturated heterocycles. The number of hydrogen-bond donors (Lipinski definition) is 1. The Labute approximate surface area is 175 Å². The standard InChI is InChI=1S/C23H24N2O3S/c1-3-15-10-11-18-19(13-15)29-22(20(18)23(27)28-4-2)25-21(26)17(14-24)12-16-8-6-5-7-9-16/h5-9,12,15H,3-4,10-11,13H2,1-2H3,(H,25,26)/b17-12+. The number of hydrogen-bond acceptors (Lipinski definition) is 5. The van der Waals surface area contributed by atoms with Gasteiger partial charge in [-0.15, -0.1) is 11.3 Å². The molecule has 1 heterocycles. The van der Waals surface area contributed by atoms with E-state index in [-0.39, 0.29) is 12.2 Å². The molecule has 1 atom stereocenters. The molecule has 6 heteroatoms. The van der Waals surface area contributed by atoms with Gasteiger partial charge in [-0.05, 0) is 49.3 Å². The molecule has 1 aliphatic rings. The Kier molecular flexibility index (Phi) is 6.84. The number of nitrogens with zero attached hydrogens (tertiary/aromatic N) is 1. The van der Waals surface area contributed by atoms with E-state index < -0.39 is 11.9 Å². The SMILES string of the molecule is CCOC(=O)c1c(NC(=O)/C(C#N)=C/c2ccccc2)sc2c1CCC(CC)C2. The summed E-state index contributed by atoms with van der Waals surface area (Å²) in [7, 11) is 0. The van der Waals surface area contributed by atoms with E-state index in [1.54, 1.807) is 13.0 Å². The number of amides is 1. The van der Waals surface area contributed by atoms with Crippen molar-refractivity contribution in [2.75, 3.05) is 11.9 Å². The van der Waals surface area contributed by atoms with Crippen molar-refractivity contribution in [2.45, 2.75) is 39.5 Å². The lowest BCUT2D eigenvalue weighted by atomic mass is 9.85. The van der Waals surface area contributed by atoms with Crippen molar-refractivity contribution in [1.29, 1.82) is 5.26 Å². The molecular weight excluding hydrogens is 384 g/mol. The molecule has 0 fully saturated rings. The van der Waals surface area contributed by atoms with Crippen LogP contribution in [-0.4, -0.2) is 18.5 Å². The normalized spacial score (nSPS) is 15.9. The summed E-state index contributed by atoms with van der Waals surface area (Å²) < 4.78 is 5.25. The maximum atomic E-state index is 12.8. The number of carbonyl (C=O) groups is 2. The van der Waals surface area contributed by atoms with E-state index >= 15 is 0 Å². The lowest BCUT2D eigenvalue weighted by Crippen LogP contribution is -2.17. The van der Waals surface area contributed by atoms with Crippen LogP contribution in [0.5, 0.6) is 0 Å². The Morgan fingerprint density at radius 2 is 2.07 bits per heavy atom. The molecular formula is C23H24N2O3S. The molecule has 1 aliphatic carbocycles. The van der Waals surface area contributed by atoms with Crippen molar-refractivity contribution in [1.82, 2.24) is 0 Å². The molecule has 2 aromatic rings. The fourth-order valence-corrected chi connectivity index (χ4v) is 4.89. The van der Waals surface area contributed by atoms with Gasteiger partial charge in [-0.1, -0.05) is 43.7 Å². The summed E-state index contributed by atoms with van der Waals surface area (Å²) >= 11 is 1.43. The zero-order valence-corrected chi connectivity index (χ0v) is 17.5. The molecule has 0 bridgehead atoms. The molecule has 0 spiro atoms. The predicted molar refractivity (Wildman–Crippen MR) is 115 cm³/mol. The molecule has 0 radical (unpaired) electrons. The first-order valence-electron chi connectivity index (χ1n) is 9.87. The quantitative estimate of drug-likeness (QED) is 0.415. The molecule has 1 N–H and O–H groups in total. The minimum atomic E-state index is -0.521. The molecule has 1 unspecified atom stereocenters. The summed E-state index contributed by atoms with van der Waals surface area (Å²) in [6.07, 6.45) is 5.37. The third kappa shape index (κ3) is 4.75. The predicted octanol–water partition coefficient (Wildman–Crippen LogP) is 4.99. The molecule has 5 nitrogen and oxygen atoms in total. The molecule has 29 heavy (non-hydrogen) atoms. The molecule has 1 amide bonds. The number of ether oxygens (including phenoxy) is 1. The van der Waals surface area contributed by atoms with E-state index in [0.29, 0.717) is 16.5 Å². The Bertz CT molecular complexity index is 970. The minimum absolute atomic E-state index is 0.0104. The first kappa shape index (κ1) is 20.8. The van der Waals surface area contributed by atoms with Crippen molar-refractivity contribution in [3.63, 3.8) is 0 Å². The number of esters is 1. The summed E-state index contributed by atoms with van der Waals surface area (Å²) in [6, 6.07) is 11.2. The number of thiophene rings is 1. The van der Waals surface area contributed by atoms with Gasteiger partial charge in [-0.25, -0.2) is 4.79 Å². The summed E-state index contributed by atoms with van der Waals surface area (Å²) in [5, 5.41) is 12.7. The van der Waals surface area contributed by atoms with Gasteiger partial charge >= 0.3 is 5.97 Å². The third-order valence-corrected chi connectivity index (χ3v) is 6.30. The van der Waals surface area contributed by atoms with E-state index in [4.69, 9.17) is 4.74 Å². The first-order valence-corrected chi connectivity index (χ1v) is 10.7. The number of anilines is 1. The summed E-state index contributed by atoms with van der Waals surface area (Å²) in [5.74, 6) is -0.347. The van der Waals surface area contributed by atoms with Crippen molar-refractivity contribution >= 4 is 34.3 Å². The van der Waals surface area contributed by atoms with Crippen LogP contribution in [0.25, 0.3) is 6.08 Å². The average molecular weight is 409 g/mol. The monoisotopic (exact) mass is 408 g/mol. The number of nitrogens with one attached hydrogen (secondary N) is 1. The van der Waals surface area contributed by atoms with Crippen LogP contribution in [0.2, 0.25) is 0 Å². The second-order valence-corrected chi connectivity index (χ2v) is 8.09. The van der Waals surface area contributed by atoms with E-state index in [9.17, 15) is 14.9 Å². The fourth-order valence-electron chi connectivity index (χ4n) is 3.54. The number of benzene rings is 1. The van der Waals surface area contributed by atoms with Gasteiger partial charge in [0.1, 0.15) is 16.6 Å². The molecule has 3 rings (SSSR count). The smallest absolute Gasteiger partial charge is 0.341 e. The van der Waals surface area contributed by atoms with Crippen LogP contribution in [0.1, 0.15) is 53.1 Å². The van der Waals surface area contributed by atoms with Crippen LogP contribution in [0.15, 0.2) is 35.9 Å². The average Bonchev–Trinajstić information content (AvgIpc) is 3.09. The highest BCUT2D eigenvalue weighted by molar-refractivity contribution is 7.17. The highest BCUT2D eigenvalue weighted by atomic mass is 32.1. The zero-order chi connectivity index (χ0) is 20.8. The largest absolute Gasteiger partial charge is 0.462 e. The lowest BCUT2D eigenvalue weighted by Gasteiger charge is -2.20. The molecule has 150 valence electrons. The number of fused-ring (bicyclic) bond motifs is 1. The van der Waals surface area contributed by atoms with E-state index in [0.717, 1.165) is 41.7 Å². The highest BCUT2D eigenvalue weighted by Gasteiger charge is 2.30. The van der Waals surface area contributed by atoms with Gasteiger partial charge in [-0.2, -0.15) is 5.26 Å². The van der Waals surface area contributed by atoms with Crippen LogP contribution < -0.4 is 5.32 Å². The van der Waals surface area contributed by atoms with Gasteiger partial charge in [-0.3, -0.25) is 4.79 Å². The van der Waals surface area contributed by atoms with Crippen molar-refractivity contribution in [3.8, 4) is 6.07 Å². The highest BCUT2D eigenvalue weighted by Crippen LogP contribution is 2.41. The Balaban J connectivity index is 1.92. The summed E-state index contributed by atoms with van der Waals surface area (Å²) in [4.78, 5) is 26.5. The Hall–Kier alpha value is -2.91. The van der Waals surface area contributed by atoms with E-state index in [1.807, 2.05) is 36.4 Å². The van der Waals surface area contributed by atoms with Crippen molar-refractivity contribution in [2.24, 2.45) is 5.92 Å². The second kappa shape index (κ2) is 9.53. The first-order chi connectivity index (χ1) is 14.1. The molecule has 0 aliphatic heterocycles.